The van der Waals surface area contributed by atoms with Gasteiger partial charge in [-0.3, -0.25) is 0 Å². The third-order valence-corrected chi connectivity index (χ3v) is 9.26. The molecule has 15 atom stereocenters. The molecule has 0 radical (unpaired) electrons. The van der Waals surface area contributed by atoms with E-state index in [2.05, 4.69) is 0 Å². The maximum absolute atomic E-state index is 13.3. The van der Waals surface area contributed by atoms with Crippen LogP contribution in [0.3, 0.4) is 0 Å². The van der Waals surface area contributed by atoms with Gasteiger partial charge in [-0.15, -0.1) is 0 Å². The first-order chi connectivity index (χ1) is 25.7. The second-order valence-corrected chi connectivity index (χ2v) is 13.1. The summed E-state index contributed by atoms with van der Waals surface area (Å²) in [7, 11) is 0. The predicted molar refractivity (Wildman–Crippen MR) is 178 cm³/mol. The van der Waals surface area contributed by atoms with Gasteiger partial charge < -0.3 is 89.3 Å². The maximum Gasteiger partial charge on any atom is 0.331 e. The van der Waals surface area contributed by atoms with E-state index >= 15 is 0 Å². The smallest absolute Gasteiger partial charge is 0.331 e. The Morgan fingerprint density at radius 3 is 2.04 bits per heavy atom. The van der Waals surface area contributed by atoms with Crippen LogP contribution in [0, 0.1) is 0 Å². The average molecular weight is 771 g/mol. The van der Waals surface area contributed by atoms with E-state index in [9.17, 15) is 61.0 Å². The zero-order valence-corrected chi connectivity index (χ0v) is 28.9. The van der Waals surface area contributed by atoms with Crippen molar-refractivity contribution in [3.05, 3.63) is 59.7 Å². The van der Waals surface area contributed by atoms with Crippen molar-refractivity contribution in [1.29, 1.82) is 0 Å². The number of phenolic OH excluding ortho intramolecular Hbond substituents is 3. The maximum atomic E-state index is 13.3. The van der Waals surface area contributed by atoms with Crippen molar-refractivity contribution in [2.75, 3.05) is 19.8 Å². The monoisotopic (exact) mass is 770 g/mol. The Balaban J connectivity index is 1.43. The molecule has 300 valence electrons. The topological polar surface area (TPSA) is 304 Å². The number of benzene rings is 2. The number of ether oxygens (including phenoxy) is 7. The molecule has 0 spiro atoms. The molecular formula is C35H46O19. The summed E-state index contributed by atoms with van der Waals surface area (Å²) >= 11 is 0. The first-order valence-corrected chi connectivity index (χ1v) is 17.1. The molecule has 0 unspecified atom stereocenters. The number of rotatable bonds is 13. The van der Waals surface area contributed by atoms with Crippen molar-refractivity contribution in [3.8, 4) is 17.2 Å². The van der Waals surface area contributed by atoms with Crippen LogP contribution >= 0.6 is 0 Å². The van der Waals surface area contributed by atoms with E-state index in [0.717, 1.165) is 6.08 Å². The van der Waals surface area contributed by atoms with Gasteiger partial charge in [0.05, 0.1) is 25.9 Å². The number of carbonyl (C=O) groups is 1. The summed E-state index contributed by atoms with van der Waals surface area (Å²) in [5, 5.41) is 113. The molecule has 0 amide bonds. The summed E-state index contributed by atoms with van der Waals surface area (Å²) in [6.07, 6.45) is -21.9. The van der Waals surface area contributed by atoms with Gasteiger partial charge in [0.25, 0.3) is 0 Å². The lowest BCUT2D eigenvalue weighted by molar-refractivity contribution is -0.364. The zero-order chi connectivity index (χ0) is 39.3. The Morgan fingerprint density at radius 2 is 1.35 bits per heavy atom. The number of esters is 1. The fourth-order valence-electron chi connectivity index (χ4n) is 6.08. The normalized spacial score (nSPS) is 37.3. The molecule has 0 aliphatic carbocycles. The van der Waals surface area contributed by atoms with Gasteiger partial charge in [0.2, 0.25) is 0 Å². The van der Waals surface area contributed by atoms with Crippen LogP contribution in [-0.4, -0.2) is 174 Å². The lowest BCUT2D eigenvalue weighted by atomic mass is 9.96. The fourth-order valence-corrected chi connectivity index (χ4v) is 6.08. The summed E-state index contributed by atoms with van der Waals surface area (Å²) < 4.78 is 40.3. The highest BCUT2D eigenvalue weighted by molar-refractivity contribution is 5.87. The van der Waals surface area contributed by atoms with Crippen LogP contribution < -0.4 is 0 Å². The molecule has 2 aromatic carbocycles. The summed E-state index contributed by atoms with van der Waals surface area (Å²) in [6, 6.07) is 9.88. The van der Waals surface area contributed by atoms with E-state index < -0.39 is 111 Å². The molecule has 0 aromatic heterocycles. The van der Waals surface area contributed by atoms with Crippen molar-refractivity contribution in [2.24, 2.45) is 0 Å². The number of phenols is 3. The Bertz CT molecular complexity index is 1540. The van der Waals surface area contributed by atoms with Crippen LogP contribution in [0.1, 0.15) is 18.1 Å². The van der Waals surface area contributed by atoms with Gasteiger partial charge in [0.15, 0.2) is 36.5 Å². The first kappa shape index (κ1) is 41.6. The van der Waals surface area contributed by atoms with E-state index in [1.165, 1.54) is 55.5 Å². The molecule has 0 saturated carbocycles. The second kappa shape index (κ2) is 18.4. The van der Waals surface area contributed by atoms with Gasteiger partial charge in [0.1, 0.15) is 66.8 Å². The number of aromatic hydroxyl groups is 3. The number of hydrogen-bond acceptors (Lipinski definition) is 19. The fraction of sp³-hybridized carbons (Fsp3) is 0.571. The zero-order valence-electron chi connectivity index (χ0n) is 28.9. The average Bonchev–Trinajstić information content (AvgIpc) is 3.15. The van der Waals surface area contributed by atoms with Crippen molar-refractivity contribution < 1.29 is 94.1 Å². The molecule has 3 aliphatic rings. The molecule has 19 nitrogen and oxygen atoms in total. The van der Waals surface area contributed by atoms with E-state index in [0.29, 0.717) is 11.1 Å². The highest BCUT2D eigenvalue weighted by Gasteiger charge is 2.53. The molecule has 3 saturated heterocycles. The Labute approximate surface area is 308 Å². The third-order valence-electron chi connectivity index (χ3n) is 9.26. The van der Waals surface area contributed by atoms with Gasteiger partial charge >= 0.3 is 5.97 Å². The summed E-state index contributed by atoms with van der Waals surface area (Å²) in [4.78, 5) is 13.3. The van der Waals surface area contributed by atoms with Crippen LogP contribution in [-0.2, 0) is 44.4 Å². The SMILES string of the molecule is C[C@@H]1O[C@@H](O[C@@H]2[C@@H](O)[C@H](OCCc3ccc(O)c(O)c3)O[C@H](CO[C@@H]3O[C@H](CO)[C@@H](O)[C@H](O)[C@H]3O)[C@H]2OC(=O)/C=C/c2ccc(O)cc2)[C@H](O)[C@H](O)[C@H]1O. The van der Waals surface area contributed by atoms with E-state index in [-0.39, 0.29) is 30.3 Å². The molecule has 3 aliphatic heterocycles. The molecule has 19 heteroatoms. The largest absolute Gasteiger partial charge is 0.508 e. The molecular weight excluding hydrogens is 724 g/mol. The van der Waals surface area contributed by atoms with Gasteiger partial charge in [-0.25, -0.2) is 4.79 Å². The van der Waals surface area contributed by atoms with Gasteiger partial charge in [-0.2, -0.15) is 0 Å². The first-order valence-electron chi connectivity index (χ1n) is 17.1. The molecule has 11 N–H and O–H groups in total. The van der Waals surface area contributed by atoms with Crippen molar-refractivity contribution in [3.63, 3.8) is 0 Å². The van der Waals surface area contributed by atoms with Crippen molar-refractivity contribution >= 4 is 12.0 Å². The minimum atomic E-state index is -1.86. The summed E-state index contributed by atoms with van der Waals surface area (Å²) in [5.74, 6) is -1.74. The number of aliphatic hydroxyl groups is 8. The lowest BCUT2D eigenvalue weighted by Crippen LogP contribution is -2.65. The van der Waals surface area contributed by atoms with Crippen LogP contribution in [0.4, 0.5) is 0 Å². The number of hydrogen-bond donors (Lipinski definition) is 11. The predicted octanol–water partition coefficient (Wildman–Crippen LogP) is -2.90. The second-order valence-electron chi connectivity index (χ2n) is 13.1. The van der Waals surface area contributed by atoms with Gasteiger partial charge in [-0.05, 0) is 54.8 Å². The minimum Gasteiger partial charge on any atom is -0.508 e. The van der Waals surface area contributed by atoms with Crippen LogP contribution in [0.5, 0.6) is 17.2 Å². The number of carbonyl (C=O) groups excluding carboxylic acids is 1. The Hall–Kier alpha value is -3.51. The quantitative estimate of drug-likeness (QED) is 0.0553. The van der Waals surface area contributed by atoms with Crippen LogP contribution in [0.25, 0.3) is 6.08 Å². The standard InChI is InChI=1S/C35H46O19/c1-15-24(41)26(43)29(46)35(50-15)54-32-30(47)34(48-11-10-17-4-8-19(38)20(39)12-17)52-22(14-49-33-28(45)27(44)25(42)21(13-36)51-33)31(32)53-23(40)9-5-16-2-6-18(37)7-3-16/h2-9,12,15,21-22,24-39,41-47H,10-11,13-14H2,1H3/b9-5+/t15-,21+,22+,24-,25+,26+,27-,28+,29+,30+,31+,32+,33+,34+,35-/m0/s1. The summed E-state index contributed by atoms with van der Waals surface area (Å²) in [5.41, 5.74) is 1.02. The van der Waals surface area contributed by atoms with Crippen LogP contribution in [0.15, 0.2) is 48.5 Å². The van der Waals surface area contributed by atoms with E-state index in [4.69, 9.17) is 33.2 Å². The Morgan fingerprint density at radius 1 is 0.704 bits per heavy atom. The molecule has 2 aromatic rings. The lowest BCUT2D eigenvalue weighted by Gasteiger charge is -2.47. The Kier molecular flexibility index (Phi) is 14.2. The molecule has 0 bridgehead atoms. The highest BCUT2D eigenvalue weighted by Crippen LogP contribution is 2.33. The molecule has 3 fully saturated rings. The van der Waals surface area contributed by atoms with Crippen molar-refractivity contribution in [2.45, 2.75) is 105 Å². The minimum absolute atomic E-state index is 0.0117. The molecule has 5 rings (SSSR count). The summed E-state index contributed by atoms with van der Waals surface area (Å²) in [6.45, 7) is -0.167. The van der Waals surface area contributed by atoms with Crippen molar-refractivity contribution in [1.82, 2.24) is 0 Å². The molecule has 54 heavy (non-hydrogen) atoms. The number of aliphatic hydroxyl groups excluding tert-OH is 8. The van der Waals surface area contributed by atoms with E-state index in [1.807, 2.05) is 0 Å². The molecule has 3 heterocycles. The van der Waals surface area contributed by atoms with Gasteiger partial charge in [-0.1, -0.05) is 18.2 Å². The highest BCUT2D eigenvalue weighted by atomic mass is 16.8. The third kappa shape index (κ3) is 9.83. The van der Waals surface area contributed by atoms with Gasteiger partial charge in [0, 0.05) is 6.08 Å². The van der Waals surface area contributed by atoms with E-state index in [1.54, 1.807) is 0 Å². The van der Waals surface area contributed by atoms with Crippen LogP contribution in [0.2, 0.25) is 0 Å².